The SMILES string of the molecule is Cn1cc(/C=C\C#N)c2ccccc21. The average molecular weight is 182 g/mol. The van der Waals surface area contributed by atoms with E-state index in [2.05, 4.69) is 16.7 Å². The van der Waals surface area contributed by atoms with Gasteiger partial charge in [0.05, 0.1) is 6.07 Å². The summed E-state index contributed by atoms with van der Waals surface area (Å²) in [5.41, 5.74) is 2.27. The molecule has 0 aliphatic carbocycles. The van der Waals surface area contributed by atoms with Crippen LogP contribution in [0, 0.1) is 11.3 Å². The lowest BCUT2D eigenvalue weighted by molar-refractivity contribution is 0.968. The Morgan fingerprint density at radius 2 is 2.14 bits per heavy atom. The maximum atomic E-state index is 8.46. The second-order valence-electron chi connectivity index (χ2n) is 3.17. The van der Waals surface area contributed by atoms with Crippen molar-refractivity contribution in [3.05, 3.63) is 42.1 Å². The molecule has 0 N–H and O–H groups in total. The van der Waals surface area contributed by atoms with Gasteiger partial charge in [-0.25, -0.2) is 0 Å². The normalized spacial score (nSPS) is 10.9. The molecular weight excluding hydrogens is 172 g/mol. The van der Waals surface area contributed by atoms with Gasteiger partial charge < -0.3 is 4.57 Å². The van der Waals surface area contributed by atoms with E-state index in [9.17, 15) is 0 Å². The number of nitriles is 1. The highest BCUT2D eigenvalue weighted by molar-refractivity contribution is 5.89. The topological polar surface area (TPSA) is 28.7 Å². The molecule has 0 aliphatic rings. The van der Waals surface area contributed by atoms with E-state index in [1.165, 1.54) is 17.0 Å². The second kappa shape index (κ2) is 3.39. The molecule has 2 rings (SSSR count). The summed E-state index contributed by atoms with van der Waals surface area (Å²) in [4.78, 5) is 0. The van der Waals surface area contributed by atoms with E-state index in [-0.39, 0.29) is 0 Å². The van der Waals surface area contributed by atoms with E-state index in [4.69, 9.17) is 5.26 Å². The Hall–Kier alpha value is -2.01. The molecule has 68 valence electrons. The quantitative estimate of drug-likeness (QED) is 0.623. The molecule has 0 radical (unpaired) electrons. The van der Waals surface area contributed by atoms with E-state index in [1.54, 1.807) is 0 Å². The molecule has 14 heavy (non-hydrogen) atoms. The van der Waals surface area contributed by atoms with Gasteiger partial charge >= 0.3 is 0 Å². The number of hydrogen-bond donors (Lipinski definition) is 0. The van der Waals surface area contributed by atoms with Crippen LogP contribution in [-0.2, 0) is 7.05 Å². The van der Waals surface area contributed by atoms with Crippen LogP contribution in [0.3, 0.4) is 0 Å². The van der Waals surface area contributed by atoms with Crippen LogP contribution in [0.1, 0.15) is 5.56 Å². The molecule has 1 aromatic heterocycles. The first kappa shape index (κ1) is 8.58. The van der Waals surface area contributed by atoms with Crippen molar-refractivity contribution in [2.45, 2.75) is 0 Å². The third-order valence-electron chi connectivity index (χ3n) is 2.27. The number of fused-ring (bicyclic) bond motifs is 1. The average Bonchev–Trinajstić information content (AvgIpc) is 2.54. The first-order valence-corrected chi connectivity index (χ1v) is 4.43. The van der Waals surface area contributed by atoms with Gasteiger partial charge in [0.1, 0.15) is 0 Å². The zero-order valence-corrected chi connectivity index (χ0v) is 7.94. The zero-order chi connectivity index (χ0) is 9.97. The van der Waals surface area contributed by atoms with Crippen LogP contribution < -0.4 is 0 Å². The van der Waals surface area contributed by atoms with Crippen LogP contribution in [-0.4, -0.2) is 4.57 Å². The van der Waals surface area contributed by atoms with Crippen LogP contribution in [0.25, 0.3) is 17.0 Å². The van der Waals surface area contributed by atoms with Crippen molar-refractivity contribution in [1.82, 2.24) is 4.57 Å². The summed E-state index contributed by atoms with van der Waals surface area (Å²) < 4.78 is 2.06. The van der Waals surface area contributed by atoms with Crippen LogP contribution in [0.2, 0.25) is 0 Å². The third kappa shape index (κ3) is 1.29. The number of nitrogens with zero attached hydrogens (tertiary/aromatic N) is 2. The highest BCUT2D eigenvalue weighted by Gasteiger charge is 2.01. The fourth-order valence-electron chi connectivity index (χ4n) is 1.63. The van der Waals surface area contributed by atoms with Crippen molar-refractivity contribution in [2.24, 2.45) is 7.05 Å². The third-order valence-corrected chi connectivity index (χ3v) is 2.27. The first-order valence-electron chi connectivity index (χ1n) is 4.43. The van der Waals surface area contributed by atoms with Crippen molar-refractivity contribution in [3.8, 4) is 6.07 Å². The van der Waals surface area contributed by atoms with Crippen LogP contribution >= 0.6 is 0 Å². The fraction of sp³-hybridized carbons (Fsp3) is 0.0833. The monoisotopic (exact) mass is 182 g/mol. The Labute approximate surface area is 82.7 Å². The van der Waals surface area contributed by atoms with Gasteiger partial charge in [-0.05, 0) is 12.1 Å². The number of aryl methyl sites for hydroxylation is 1. The molecule has 1 aromatic carbocycles. The van der Waals surface area contributed by atoms with E-state index < -0.39 is 0 Å². The standard InChI is InChI=1S/C12H10N2/c1-14-9-10(5-4-8-13)11-6-2-3-7-12(11)14/h2-7,9H,1H3/b5-4-. The van der Waals surface area contributed by atoms with Crippen molar-refractivity contribution in [1.29, 1.82) is 5.26 Å². The summed E-state index contributed by atoms with van der Waals surface area (Å²) in [6.45, 7) is 0. The van der Waals surface area contributed by atoms with Crippen molar-refractivity contribution >= 4 is 17.0 Å². The molecule has 0 fully saturated rings. The molecular formula is C12H10N2. The first-order chi connectivity index (χ1) is 6.83. The lowest BCUT2D eigenvalue weighted by atomic mass is 10.2. The highest BCUT2D eigenvalue weighted by atomic mass is 14.9. The van der Waals surface area contributed by atoms with Crippen molar-refractivity contribution in [3.63, 3.8) is 0 Å². The van der Waals surface area contributed by atoms with Gasteiger partial charge in [0.25, 0.3) is 0 Å². The minimum Gasteiger partial charge on any atom is -0.350 e. The summed E-state index contributed by atoms with van der Waals surface area (Å²) in [5, 5.41) is 9.64. The Balaban J connectivity index is 2.68. The van der Waals surface area contributed by atoms with E-state index in [0.717, 1.165) is 5.56 Å². The smallest absolute Gasteiger partial charge is 0.0912 e. The summed E-state index contributed by atoms with van der Waals surface area (Å²) in [7, 11) is 2.01. The summed E-state index contributed by atoms with van der Waals surface area (Å²) in [5.74, 6) is 0. The van der Waals surface area contributed by atoms with E-state index in [0.29, 0.717) is 0 Å². The summed E-state index contributed by atoms with van der Waals surface area (Å²) in [6.07, 6.45) is 5.36. The molecule has 0 spiro atoms. The van der Waals surface area contributed by atoms with Gasteiger partial charge in [-0.15, -0.1) is 0 Å². The van der Waals surface area contributed by atoms with Gasteiger partial charge in [0.2, 0.25) is 0 Å². The van der Waals surface area contributed by atoms with Crippen LogP contribution in [0.4, 0.5) is 0 Å². The maximum absolute atomic E-state index is 8.46. The molecule has 0 bridgehead atoms. The molecule has 2 aromatic rings. The Kier molecular flexibility index (Phi) is 2.08. The van der Waals surface area contributed by atoms with Gasteiger partial charge in [0, 0.05) is 35.8 Å². The minimum atomic E-state index is 1.09. The zero-order valence-electron chi connectivity index (χ0n) is 7.94. The number of rotatable bonds is 1. The molecule has 1 heterocycles. The van der Waals surface area contributed by atoms with Crippen LogP contribution in [0.15, 0.2) is 36.5 Å². The molecule has 0 atom stereocenters. The summed E-state index contributed by atoms with van der Waals surface area (Å²) >= 11 is 0. The maximum Gasteiger partial charge on any atom is 0.0912 e. The highest BCUT2D eigenvalue weighted by Crippen LogP contribution is 2.20. The van der Waals surface area contributed by atoms with Gasteiger partial charge in [-0.3, -0.25) is 0 Å². The number of para-hydroxylation sites is 1. The molecule has 0 aliphatic heterocycles. The lowest BCUT2D eigenvalue weighted by Crippen LogP contribution is -1.81. The number of hydrogen-bond acceptors (Lipinski definition) is 1. The van der Waals surface area contributed by atoms with Gasteiger partial charge in [-0.2, -0.15) is 5.26 Å². The predicted octanol–water partition coefficient (Wildman–Crippen LogP) is 2.72. The Morgan fingerprint density at radius 1 is 1.36 bits per heavy atom. The fourth-order valence-corrected chi connectivity index (χ4v) is 1.63. The molecule has 0 saturated carbocycles. The van der Waals surface area contributed by atoms with Crippen molar-refractivity contribution in [2.75, 3.05) is 0 Å². The molecule has 2 nitrogen and oxygen atoms in total. The van der Waals surface area contributed by atoms with Crippen LogP contribution in [0.5, 0.6) is 0 Å². The van der Waals surface area contributed by atoms with Gasteiger partial charge in [-0.1, -0.05) is 18.2 Å². The molecule has 0 amide bonds. The molecule has 0 unspecified atom stereocenters. The predicted molar refractivity (Wildman–Crippen MR) is 57.6 cm³/mol. The second-order valence-corrected chi connectivity index (χ2v) is 3.17. The summed E-state index contributed by atoms with van der Waals surface area (Å²) in [6, 6.07) is 10.2. The van der Waals surface area contributed by atoms with Gasteiger partial charge in [0.15, 0.2) is 0 Å². The number of aromatic nitrogens is 1. The van der Waals surface area contributed by atoms with Crippen molar-refractivity contribution < 1.29 is 0 Å². The lowest BCUT2D eigenvalue weighted by Gasteiger charge is -1.92. The molecule has 2 heteroatoms. The van der Waals surface area contributed by atoms with E-state index >= 15 is 0 Å². The number of benzene rings is 1. The molecule has 0 saturated heterocycles. The number of allylic oxidation sites excluding steroid dienone is 1. The minimum absolute atomic E-state index is 1.09. The Morgan fingerprint density at radius 3 is 2.93 bits per heavy atom. The Bertz CT molecular complexity index is 527. The van der Waals surface area contributed by atoms with E-state index in [1.807, 2.05) is 37.5 Å². The largest absolute Gasteiger partial charge is 0.350 e.